The number of carbonyl (C=O) groups is 1. The van der Waals surface area contributed by atoms with Crippen LogP contribution in [0.2, 0.25) is 0 Å². The van der Waals surface area contributed by atoms with Gasteiger partial charge in [-0.3, -0.25) is 4.79 Å². The molecule has 0 spiro atoms. The van der Waals surface area contributed by atoms with Gasteiger partial charge in [0.05, 0.1) is 5.41 Å². The highest BCUT2D eigenvalue weighted by atomic mass is 35.5. The quantitative estimate of drug-likeness (QED) is 0.0379. The van der Waals surface area contributed by atoms with E-state index in [0.29, 0.717) is 12.2 Å². The van der Waals surface area contributed by atoms with Crippen LogP contribution in [0.3, 0.4) is 0 Å². The molecule has 1 aliphatic heterocycles. The van der Waals surface area contributed by atoms with E-state index in [1.54, 1.807) is 0 Å². The first-order chi connectivity index (χ1) is 34.0. The van der Waals surface area contributed by atoms with Crippen molar-refractivity contribution >= 4 is 41.2 Å². The van der Waals surface area contributed by atoms with E-state index in [2.05, 4.69) is 101 Å². The second-order valence-electron chi connectivity index (χ2n) is 23.0. The zero-order chi connectivity index (χ0) is 50.3. The van der Waals surface area contributed by atoms with Crippen LogP contribution in [-0.4, -0.2) is 36.9 Å². The molecule has 0 N–H and O–H groups in total. The van der Waals surface area contributed by atoms with Crippen molar-refractivity contribution in [2.24, 2.45) is 5.41 Å². The molecular formula is C65H104ClN2O2+. The maximum Gasteiger partial charge on any atom is 0.298 e. The number of unbranched alkanes of at least 4 members (excludes halogenated alkanes) is 30. The minimum Gasteiger partial charge on any atom is -0.429 e. The van der Waals surface area contributed by atoms with Gasteiger partial charge >= 0.3 is 0 Å². The normalized spacial score (nSPS) is 16.0. The van der Waals surface area contributed by atoms with Crippen LogP contribution >= 0.6 is 11.6 Å². The first kappa shape index (κ1) is 59.5. The second kappa shape index (κ2) is 34.3. The lowest BCUT2D eigenvalue weighted by atomic mass is 9.74. The average molecular weight is 981 g/mol. The largest absolute Gasteiger partial charge is 0.429 e. The number of halogens is 1. The Kier molecular flexibility index (Phi) is 29.2. The van der Waals surface area contributed by atoms with Crippen LogP contribution in [0.15, 0.2) is 70.8 Å². The molecule has 0 atom stereocenters. The van der Waals surface area contributed by atoms with Crippen molar-refractivity contribution in [3.63, 3.8) is 0 Å². The third-order valence-electron chi connectivity index (χ3n) is 15.7. The van der Waals surface area contributed by atoms with E-state index < -0.39 is 0 Å². The monoisotopic (exact) mass is 980 g/mol. The van der Waals surface area contributed by atoms with Gasteiger partial charge in [-0.05, 0) is 85.9 Å². The fourth-order valence-electron chi connectivity index (χ4n) is 11.4. The minimum absolute atomic E-state index is 0.0896. The van der Waals surface area contributed by atoms with Gasteiger partial charge in [-0.25, -0.2) is 0 Å². The van der Waals surface area contributed by atoms with Gasteiger partial charge in [0.25, 0.3) is 6.47 Å². The van der Waals surface area contributed by atoms with E-state index in [-0.39, 0.29) is 10.8 Å². The van der Waals surface area contributed by atoms with E-state index in [9.17, 15) is 4.79 Å². The third kappa shape index (κ3) is 21.9. The summed E-state index contributed by atoms with van der Waals surface area (Å²) in [6.07, 6.45) is 53.8. The molecule has 2 aliphatic rings. The minimum atomic E-state index is -0.258. The zero-order valence-electron chi connectivity index (χ0n) is 46.4. The molecule has 70 heavy (non-hydrogen) atoms. The zero-order valence-corrected chi connectivity index (χ0v) is 47.2. The molecule has 0 fully saturated rings. The molecule has 0 saturated carbocycles. The molecule has 0 unspecified atom stereocenters. The predicted octanol–water partition coefficient (Wildman–Crippen LogP) is 20.5. The molecule has 392 valence electrons. The molecule has 0 bridgehead atoms. The second-order valence-corrected chi connectivity index (χ2v) is 23.4. The molecular weight excluding hydrogens is 876 g/mol. The summed E-state index contributed by atoms with van der Waals surface area (Å²) in [5.41, 5.74) is 8.28. The van der Waals surface area contributed by atoms with Crippen molar-refractivity contribution in [3.05, 3.63) is 81.9 Å². The maximum atomic E-state index is 11.1. The smallest absolute Gasteiger partial charge is 0.298 e. The van der Waals surface area contributed by atoms with E-state index in [1.165, 1.54) is 234 Å². The molecule has 1 aliphatic carbocycles. The fourth-order valence-corrected chi connectivity index (χ4v) is 11.6. The first-order valence-electron chi connectivity index (χ1n) is 29.5. The Morgan fingerprint density at radius 1 is 0.571 bits per heavy atom. The summed E-state index contributed by atoms with van der Waals surface area (Å²) < 4.78 is 7.46. The molecule has 0 saturated heterocycles. The van der Waals surface area contributed by atoms with Gasteiger partial charge in [0.1, 0.15) is 12.8 Å². The van der Waals surface area contributed by atoms with Gasteiger partial charge in [-0.1, -0.05) is 256 Å². The van der Waals surface area contributed by atoms with Crippen molar-refractivity contribution < 1.29 is 14.1 Å². The Morgan fingerprint density at radius 3 is 1.43 bits per heavy atom. The van der Waals surface area contributed by atoms with E-state index >= 15 is 0 Å². The molecule has 4 nitrogen and oxygen atoms in total. The number of ether oxygens (including phenoxy) is 1. The van der Waals surface area contributed by atoms with Crippen molar-refractivity contribution in [2.75, 3.05) is 25.0 Å². The van der Waals surface area contributed by atoms with E-state index in [4.69, 9.17) is 16.3 Å². The highest BCUT2D eigenvalue weighted by Crippen LogP contribution is 2.46. The summed E-state index contributed by atoms with van der Waals surface area (Å²) in [6.45, 7) is 16.6. The lowest BCUT2D eigenvalue weighted by Crippen LogP contribution is -2.27. The van der Waals surface area contributed by atoms with Crippen molar-refractivity contribution in [1.29, 1.82) is 0 Å². The summed E-state index contributed by atoms with van der Waals surface area (Å²) in [7, 11) is 2.12. The Bertz CT molecular complexity index is 1850. The number of nitrogens with zero attached hydrogens (tertiary/aromatic N) is 2. The fraction of sp³-hybridized carbons (Fsp3) is 0.692. The Balaban J connectivity index is 1.29. The third-order valence-corrected chi connectivity index (χ3v) is 16.2. The number of rotatable bonds is 40. The number of anilines is 1. The van der Waals surface area contributed by atoms with Gasteiger partial charge in [0.2, 0.25) is 5.69 Å². The van der Waals surface area contributed by atoms with Crippen LogP contribution in [0, 0.1) is 5.41 Å². The number of allylic oxidation sites excluding steroid dienone is 5. The van der Waals surface area contributed by atoms with Gasteiger partial charge in [-0.15, -0.1) is 0 Å². The Labute approximate surface area is 436 Å². The predicted molar refractivity (Wildman–Crippen MR) is 308 cm³/mol. The number of carbonyl (C=O) groups excluding carboxylic acids is 1. The van der Waals surface area contributed by atoms with Crippen LogP contribution in [0.5, 0.6) is 5.75 Å². The highest BCUT2D eigenvalue weighted by Gasteiger charge is 2.43. The summed E-state index contributed by atoms with van der Waals surface area (Å²) >= 11 is 7.34. The first-order valence-corrected chi connectivity index (χ1v) is 29.9. The summed E-state index contributed by atoms with van der Waals surface area (Å²) in [6, 6.07) is 15.3. The summed E-state index contributed by atoms with van der Waals surface area (Å²) in [5.74, 6) is 0.571. The van der Waals surface area contributed by atoms with E-state index in [1.807, 2.05) is 18.2 Å². The van der Waals surface area contributed by atoms with Crippen molar-refractivity contribution in [2.45, 2.75) is 265 Å². The van der Waals surface area contributed by atoms with Gasteiger partial charge in [-0.2, -0.15) is 4.58 Å². The van der Waals surface area contributed by atoms with Crippen molar-refractivity contribution in [1.82, 2.24) is 0 Å². The SMILES string of the molecule is CCCCCCCCCCCCCCCCCCN(CCCCCCCCCCCCCCCCCC)c1ccc(/C=C2\CC(C)(C)CC(/C=C/C3=[N+](C)c4ccc(OC=O)cc4C3(C)C)=C2Cl)cc1. The molecule has 1 heterocycles. The molecule has 2 aromatic carbocycles. The average Bonchev–Trinajstić information content (AvgIpc) is 3.53. The number of fused-ring (bicyclic) bond motifs is 1. The topological polar surface area (TPSA) is 32.5 Å². The lowest BCUT2D eigenvalue weighted by molar-refractivity contribution is -0.401. The number of hydrogen-bond acceptors (Lipinski definition) is 3. The Morgan fingerprint density at radius 2 is 1.00 bits per heavy atom. The molecule has 0 aromatic heterocycles. The highest BCUT2D eigenvalue weighted by molar-refractivity contribution is 6.33. The molecule has 5 heteroatoms. The van der Waals surface area contributed by atoms with Gasteiger partial charge in [0.15, 0.2) is 5.71 Å². The number of hydrogen-bond donors (Lipinski definition) is 0. The van der Waals surface area contributed by atoms with Crippen LogP contribution in [-0.2, 0) is 10.2 Å². The lowest BCUT2D eigenvalue weighted by Gasteiger charge is -2.32. The van der Waals surface area contributed by atoms with Gasteiger partial charge < -0.3 is 9.64 Å². The standard InChI is InChI=1S/C65H104ClN2O2/c1-8-10-12-14-16-18-20-22-24-26-28-30-32-34-36-38-48-68(49-39-37-35-33-31-29-27-25-23-21-19-17-15-13-11-9-2)58-43-40-55(41-44-58)50-57-53-64(3,4)52-56(63(57)66)42-47-62-65(5,6)60-51-59(70-54-69)45-46-61(60)67(62)7/h40-47,50-51,54H,8-39,48-49,52-53H2,1-7H3/q+1. The summed E-state index contributed by atoms with van der Waals surface area (Å²) in [4.78, 5) is 13.8. The van der Waals surface area contributed by atoms with Crippen molar-refractivity contribution in [3.8, 4) is 5.75 Å². The molecule has 4 rings (SSSR count). The molecule has 2 aromatic rings. The molecule has 0 amide bonds. The van der Waals surface area contributed by atoms with E-state index in [0.717, 1.165) is 42.2 Å². The van der Waals surface area contributed by atoms with Crippen LogP contribution < -0.4 is 9.64 Å². The Hall–Kier alpha value is -3.11. The molecule has 0 radical (unpaired) electrons. The van der Waals surface area contributed by atoms with Crippen LogP contribution in [0.1, 0.15) is 271 Å². The van der Waals surface area contributed by atoms with Gasteiger partial charge in [0, 0.05) is 41.5 Å². The number of benzene rings is 2. The van der Waals surface area contributed by atoms with Crippen LogP contribution in [0.4, 0.5) is 11.4 Å². The maximum absolute atomic E-state index is 11.1. The van der Waals surface area contributed by atoms with Crippen LogP contribution in [0.25, 0.3) is 6.08 Å². The summed E-state index contributed by atoms with van der Waals surface area (Å²) in [5, 5.41) is 0.881.